The molecule has 0 amide bonds. The molecule has 0 aliphatic heterocycles. The molecule has 0 saturated heterocycles. The van der Waals surface area contributed by atoms with E-state index >= 15 is 0 Å². The van der Waals surface area contributed by atoms with Gasteiger partial charge in [0.05, 0.1) is 5.56 Å². The maximum Gasteiger partial charge on any atom is 0.308 e. The molecule has 0 radical (unpaired) electrons. The monoisotopic (exact) mass is 268 g/mol. The zero-order valence-corrected chi connectivity index (χ0v) is 10.7. The Balaban J connectivity index is 2.04. The molecule has 0 saturated carbocycles. The van der Waals surface area contributed by atoms with Crippen molar-refractivity contribution in [2.75, 3.05) is 5.73 Å². The van der Waals surface area contributed by atoms with Crippen LogP contribution in [0.25, 0.3) is 11.3 Å². The summed E-state index contributed by atoms with van der Waals surface area (Å²) in [6.45, 7) is 0.519. The Labute approximate surface area is 115 Å². The predicted molar refractivity (Wildman–Crippen MR) is 73.8 cm³/mol. The molecule has 5 nitrogen and oxygen atoms in total. The van der Waals surface area contributed by atoms with Gasteiger partial charge in [0.25, 0.3) is 0 Å². The lowest BCUT2D eigenvalue weighted by molar-refractivity contribution is -0.745. The van der Waals surface area contributed by atoms with Gasteiger partial charge in [0, 0.05) is 5.56 Å². The van der Waals surface area contributed by atoms with Crippen LogP contribution in [0.5, 0.6) is 5.75 Å². The van der Waals surface area contributed by atoms with E-state index in [-0.39, 0.29) is 11.6 Å². The maximum atomic E-state index is 9.96. The number of nitrogens with two attached hydrogens (primary N) is 1. The molecular formula is C15H14N3O2+. The van der Waals surface area contributed by atoms with Crippen LogP contribution in [-0.2, 0) is 6.54 Å². The van der Waals surface area contributed by atoms with Crippen molar-refractivity contribution in [2.24, 2.45) is 0 Å². The predicted octanol–water partition coefficient (Wildman–Crippen LogP) is 1.97. The normalized spacial score (nSPS) is 10.6. The van der Waals surface area contributed by atoms with Crippen molar-refractivity contribution >= 4 is 5.88 Å². The lowest BCUT2D eigenvalue weighted by Gasteiger charge is -1.99. The Bertz CT molecular complexity index is 723. The third-order valence-corrected chi connectivity index (χ3v) is 3.06. The molecule has 5 heteroatoms. The second kappa shape index (κ2) is 5.05. The molecular weight excluding hydrogens is 254 g/mol. The Hall–Kier alpha value is -2.82. The number of aromatic hydroxyl groups is 1. The number of aromatic nitrogens is 2. The number of benzene rings is 2. The number of hydrogen-bond acceptors (Lipinski definition) is 4. The highest BCUT2D eigenvalue weighted by Crippen LogP contribution is 2.29. The molecule has 0 fully saturated rings. The minimum atomic E-state index is 0.143. The fourth-order valence-corrected chi connectivity index (χ4v) is 2.11. The molecule has 0 unspecified atom stereocenters. The highest BCUT2D eigenvalue weighted by molar-refractivity contribution is 5.71. The maximum absolute atomic E-state index is 9.96. The molecule has 0 spiro atoms. The van der Waals surface area contributed by atoms with Crippen molar-refractivity contribution in [2.45, 2.75) is 6.54 Å². The van der Waals surface area contributed by atoms with Crippen molar-refractivity contribution in [3.63, 3.8) is 0 Å². The summed E-state index contributed by atoms with van der Waals surface area (Å²) in [5.41, 5.74) is 8.08. The summed E-state index contributed by atoms with van der Waals surface area (Å²) in [6, 6.07) is 16.8. The smallest absolute Gasteiger partial charge is 0.308 e. The van der Waals surface area contributed by atoms with Crippen LogP contribution >= 0.6 is 0 Å². The van der Waals surface area contributed by atoms with Crippen LogP contribution < -0.4 is 10.4 Å². The Morgan fingerprint density at radius 3 is 2.50 bits per heavy atom. The molecule has 0 atom stereocenters. The molecule has 0 aliphatic rings. The van der Waals surface area contributed by atoms with Crippen LogP contribution in [0.2, 0.25) is 0 Å². The first-order valence-electron chi connectivity index (χ1n) is 6.23. The lowest BCUT2D eigenvalue weighted by atomic mass is 10.1. The van der Waals surface area contributed by atoms with Crippen molar-refractivity contribution in [1.82, 2.24) is 5.27 Å². The largest absolute Gasteiger partial charge is 0.507 e. The number of para-hydroxylation sites is 1. The van der Waals surface area contributed by atoms with Crippen molar-refractivity contribution in [3.8, 4) is 17.0 Å². The van der Waals surface area contributed by atoms with Crippen LogP contribution in [0.4, 0.5) is 5.88 Å². The van der Waals surface area contributed by atoms with Gasteiger partial charge in [-0.2, -0.15) is 0 Å². The number of nitrogens with zero attached hydrogens (tertiary/aromatic N) is 2. The zero-order chi connectivity index (χ0) is 13.9. The van der Waals surface area contributed by atoms with Gasteiger partial charge >= 0.3 is 11.6 Å². The van der Waals surface area contributed by atoms with E-state index in [0.717, 1.165) is 5.56 Å². The second-order valence-corrected chi connectivity index (χ2v) is 4.45. The summed E-state index contributed by atoms with van der Waals surface area (Å²) in [5.74, 6) is 0.326. The molecule has 0 bridgehead atoms. The lowest BCUT2D eigenvalue weighted by Crippen LogP contribution is -2.38. The fraction of sp³-hybridized carbons (Fsp3) is 0.0667. The van der Waals surface area contributed by atoms with Crippen LogP contribution in [-0.4, -0.2) is 10.4 Å². The summed E-state index contributed by atoms with van der Waals surface area (Å²) in [6.07, 6.45) is 0. The van der Waals surface area contributed by atoms with E-state index in [9.17, 15) is 5.11 Å². The van der Waals surface area contributed by atoms with Gasteiger partial charge in [0.2, 0.25) is 11.8 Å². The first-order valence-corrected chi connectivity index (χ1v) is 6.23. The zero-order valence-electron chi connectivity index (χ0n) is 10.7. The molecule has 3 N–H and O–H groups in total. The highest BCUT2D eigenvalue weighted by Gasteiger charge is 2.26. The van der Waals surface area contributed by atoms with Crippen LogP contribution in [0.3, 0.4) is 0 Å². The number of phenolic OH excluding ortho intramolecular Hbond substituents is 1. The standard InChI is InChI=1S/C15H13N3O2/c16-15-14(12-8-4-5-9-13(12)19)18(17-20-15)10-11-6-2-1-3-7-11/h1-9,16-17H,10H2/p+1. The average Bonchev–Trinajstić information content (AvgIpc) is 2.82. The molecule has 100 valence electrons. The summed E-state index contributed by atoms with van der Waals surface area (Å²) < 4.78 is 6.70. The van der Waals surface area contributed by atoms with E-state index in [0.29, 0.717) is 17.8 Å². The summed E-state index contributed by atoms with van der Waals surface area (Å²) >= 11 is 0. The van der Waals surface area contributed by atoms with Crippen molar-refractivity contribution in [1.29, 1.82) is 0 Å². The van der Waals surface area contributed by atoms with Gasteiger partial charge in [0.15, 0.2) is 0 Å². The Kier molecular flexibility index (Phi) is 3.09. The van der Waals surface area contributed by atoms with E-state index in [1.54, 1.807) is 22.9 Å². The average molecular weight is 268 g/mol. The van der Waals surface area contributed by atoms with Gasteiger partial charge in [-0.1, -0.05) is 42.5 Å². The molecule has 1 heterocycles. The number of hydrogen-bond donors (Lipinski definition) is 2. The minimum absolute atomic E-state index is 0.143. The van der Waals surface area contributed by atoms with Gasteiger partial charge in [-0.05, 0) is 16.8 Å². The quantitative estimate of drug-likeness (QED) is 0.712. The van der Waals surface area contributed by atoms with Crippen molar-refractivity contribution in [3.05, 3.63) is 60.2 Å². The highest BCUT2D eigenvalue weighted by atomic mass is 16.5. The minimum Gasteiger partial charge on any atom is -0.507 e. The Morgan fingerprint density at radius 2 is 1.75 bits per heavy atom. The van der Waals surface area contributed by atoms with Crippen LogP contribution in [0.1, 0.15) is 5.56 Å². The van der Waals surface area contributed by atoms with Gasteiger partial charge in [0.1, 0.15) is 5.75 Å². The van der Waals surface area contributed by atoms with Gasteiger partial charge in [-0.25, -0.2) is 0 Å². The fourth-order valence-electron chi connectivity index (χ4n) is 2.11. The first kappa shape index (κ1) is 12.2. The third kappa shape index (κ3) is 2.21. The molecule has 3 aromatic rings. The first-order chi connectivity index (χ1) is 9.75. The molecule has 3 rings (SSSR count). The Morgan fingerprint density at radius 1 is 1.05 bits per heavy atom. The van der Waals surface area contributed by atoms with Crippen LogP contribution in [0, 0.1) is 0 Å². The number of rotatable bonds is 3. The second-order valence-electron chi connectivity index (χ2n) is 4.45. The van der Waals surface area contributed by atoms with E-state index < -0.39 is 0 Å². The van der Waals surface area contributed by atoms with E-state index in [2.05, 4.69) is 5.27 Å². The SMILES string of the molecule is Nc1on[n+](Cc2ccccc2)c1-c1ccccc1O. The van der Waals surface area contributed by atoms with E-state index in [1.165, 1.54) is 0 Å². The molecule has 20 heavy (non-hydrogen) atoms. The van der Waals surface area contributed by atoms with Crippen molar-refractivity contribution < 1.29 is 14.3 Å². The van der Waals surface area contributed by atoms with E-state index in [4.69, 9.17) is 10.3 Å². The summed E-state index contributed by atoms with van der Waals surface area (Å²) in [4.78, 5) is 0. The van der Waals surface area contributed by atoms with Crippen LogP contribution in [0.15, 0.2) is 59.1 Å². The molecule has 2 aromatic carbocycles. The van der Waals surface area contributed by atoms with Gasteiger partial charge < -0.3 is 10.8 Å². The molecule has 1 aromatic heterocycles. The van der Waals surface area contributed by atoms with E-state index in [1.807, 2.05) is 36.4 Å². The third-order valence-electron chi connectivity index (χ3n) is 3.06. The topological polar surface area (TPSA) is 76.2 Å². The number of nitrogen functional groups attached to an aromatic ring is 1. The number of phenols is 1. The van der Waals surface area contributed by atoms with Gasteiger partial charge in [-0.3, -0.25) is 4.52 Å². The summed E-state index contributed by atoms with van der Waals surface area (Å²) in [7, 11) is 0. The number of anilines is 1. The van der Waals surface area contributed by atoms with Gasteiger partial charge in [-0.15, -0.1) is 0 Å². The molecule has 0 aliphatic carbocycles. The summed E-state index contributed by atoms with van der Waals surface area (Å²) in [5, 5.41) is 13.9.